The second-order valence-corrected chi connectivity index (χ2v) is 5.64. The minimum Gasteiger partial charge on any atom is -0.248 e. The van der Waals surface area contributed by atoms with Gasteiger partial charge in [-0.15, -0.1) is 0 Å². The van der Waals surface area contributed by atoms with Gasteiger partial charge in [0.2, 0.25) is 0 Å². The maximum atomic E-state index is 4.85. The number of hydrogen-bond acceptors (Lipinski definition) is 1. The van der Waals surface area contributed by atoms with Crippen molar-refractivity contribution >= 4 is 10.9 Å². The van der Waals surface area contributed by atoms with Gasteiger partial charge in [0.15, 0.2) is 0 Å². The molecule has 1 nitrogen and oxygen atoms in total. The summed E-state index contributed by atoms with van der Waals surface area (Å²) in [6.07, 6.45) is 0. The van der Waals surface area contributed by atoms with Gasteiger partial charge in [-0.25, -0.2) is 4.98 Å². The van der Waals surface area contributed by atoms with Crippen molar-refractivity contribution in [1.29, 1.82) is 0 Å². The second-order valence-electron chi connectivity index (χ2n) is 5.64. The van der Waals surface area contributed by atoms with Crippen LogP contribution >= 0.6 is 0 Å². The largest absolute Gasteiger partial charge is 0.248 e. The molecule has 0 spiro atoms. The summed E-state index contributed by atoms with van der Waals surface area (Å²) in [4.78, 5) is 4.85. The fraction of sp³-hybridized carbons (Fsp3) is 0.211. The summed E-state index contributed by atoms with van der Waals surface area (Å²) in [5, 5.41) is 1.21. The fourth-order valence-electron chi connectivity index (χ4n) is 2.55. The van der Waals surface area contributed by atoms with E-state index < -0.39 is 0 Å². The van der Waals surface area contributed by atoms with Crippen molar-refractivity contribution in [2.24, 2.45) is 0 Å². The summed E-state index contributed by atoms with van der Waals surface area (Å²) in [5.74, 6) is 0. The van der Waals surface area contributed by atoms with Gasteiger partial charge in [-0.05, 0) is 68.7 Å². The van der Waals surface area contributed by atoms with Crippen LogP contribution in [0.4, 0.5) is 0 Å². The van der Waals surface area contributed by atoms with E-state index in [1.54, 1.807) is 0 Å². The molecule has 0 saturated heterocycles. The van der Waals surface area contributed by atoms with Crippen molar-refractivity contribution in [1.82, 2.24) is 4.98 Å². The minimum atomic E-state index is 1.06. The molecule has 0 saturated carbocycles. The first-order valence-corrected chi connectivity index (χ1v) is 7.00. The van der Waals surface area contributed by atoms with Crippen LogP contribution in [0.5, 0.6) is 0 Å². The molecule has 20 heavy (non-hydrogen) atoms. The lowest BCUT2D eigenvalue weighted by Gasteiger charge is -2.09. The Kier molecular flexibility index (Phi) is 3.06. The Bertz CT molecular complexity index is 800. The number of aryl methyl sites for hydroxylation is 4. The molecular weight excluding hydrogens is 242 g/mol. The molecule has 0 atom stereocenters. The number of aromatic nitrogens is 1. The highest BCUT2D eigenvalue weighted by atomic mass is 14.7. The Morgan fingerprint density at radius 2 is 1.45 bits per heavy atom. The molecule has 0 radical (unpaired) electrons. The predicted octanol–water partition coefficient (Wildman–Crippen LogP) is 5.14. The van der Waals surface area contributed by atoms with E-state index in [0.717, 1.165) is 11.2 Å². The number of rotatable bonds is 1. The van der Waals surface area contributed by atoms with E-state index in [1.165, 1.54) is 33.2 Å². The molecule has 0 bridgehead atoms. The van der Waals surface area contributed by atoms with E-state index in [2.05, 4.69) is 70.2 Å². The van der Waals surface area contributed by atoms with Gasteiger partial charge in [0.05, 0.1) is 11.2 Å². The molecule has 3 aromatic rings. The van der Waals surface area contributed by atoms with Gasteiger partial charge < -0.3 is 0 Å². The predicted molar refractivity (Wildman–Crippen MR) is 86.1 cm³/mol. The van der Waals surface area contributed by atoms with Gasteiger partial charge in [-0.3, -0.25) is 0 Å². The van der Waals surface area contributed by atoms with E-state index >= 15 is 0 Å². The summed E-state index contributed by atoms with van der Waals surface area (Å²) in [7, 11) is 0. The molecule has 2 aromatic carbocycles. The lowest BCUT2D eigenvalue weighted by molar-refractivity contribution is 1.31. The summed E-state index contributed by atoms with van der Waals surface area (Å²) < 4.78 is 0. The average Bonchev–Trinajstić information content (AvgIpc) is 2.42. The summed E-state index contributed by atoms with van der Waals surface area (Å²) in [6, 6.07) is 15.2. The Hall–Kier alpha value is -2.15. The summed E-state index contributed by atoms with van der Waals surface area (Å²) in [6.45, 7) is 8.55. The van der Waals surface area contributed by atoms with Crippen LogP contribution in [0, 0.1) is 27.7 Å². The normalized spacial score (nSPS) is 11.0. The molecule has 1 heteroatoms. The molecule has 100 valence electrons. The smallest absolute Gasteiger partial charge is 0.0712 e. The highest BCUT2D eigenvalue weighted by Gasteiger charge is 2.06. The third-order valence-electron chi connectivity index (χ3n) is 3.97. The number of pyridine rings is 1. The van der Waals surface area contributed by atoms with E-state index in [9.17, 15) is 0 Å². The molecule has 1 aromatic heterocycles. The van der Waals surface area contributed by atoms with Crippen molar-refractivity contribution in [3.63, 3.8) is 0 Å². The van der Waals surface area contributed by atoms with Crippen LogP contribution in [0.1, 0.15) is 22.3 Å². The van der Waals surface area contributed by atoms with Gasteiger partial charge in [0, 0.05) is 10.9 Å². The minimum absolute atomic E-state index is 1.06. The molecule has 1 heterocycles. The summed E-state index contributed by atoms with van der Waals surface area (Å²) in [5.41, 5.74) is 8.51. The SMILES string of the molecule is Cc1ccc(C)c(-c2ccc3cc(C)c(C)cc3n2)c1. The second kappa shape index (κ2) is 4.75. The number of benzene rings is 2. The van der Waals surface area contributed by atoms with E-state index in [4.69, 9.17) is 4.98 Å². The third kappa shape index (κ3) is 2.20. The molecule has 0 aliphatic heterocycles. The van der Waals surface area contributed by atoms with Crippen LogP contribution < -0.4 is 0 Å². The monoisotopic (exact) mass is 261 g/mol. The van der Waals surface area contributed by atoms with E-state index in [1.807, 2.05) is 0 Å². The maximum Gasteiger partial charge on any atom is 0.0712 e. The molecule has 0 amide bonds. The van der Waals surface area contributed by atoms with Gasteiger partial charge >= 0.3 is 0 Å². The Morgan fingerprint density at radius 3 is 2.25 bits per heavy atom. The van der Waals surface area contributed by atoms with Crippen molar-refractivity contribution in [2.75, 3.05) is 0 Å². The molecule has 0 aliphatic rings. The topological polar surface area (TPSA) is 12.9 Å². The molecule has 0 N–H and O–H groups in total. The third-order valence-corrected chi connectivity index (χ3v) is 3.97. The zero-order valence-electron chi connectivity index (χ0n) is 12.5. The van der Waals surface area contributed by atoms with Crippen molar-refractivity contribution in [3.05, 3.63) is 64.7 Å². The quantitative estimate of drug-likeness (QED) is 0.591. The molecule has 3 rings (SSSR count). The Labute approximate surface area is 120 Å². The van der Waals surface area contributed by atoms with Gasteiger partial charge in [-0.1, -0.05) is 23.8 Å². The fourth-order valence-corrected chi connectivity index (χ4v) is 2.55. The first-order chi connectivity index (χ1) is 9.54. The Morgan fingerprint density at radius 1 is 0.700 bits per heavy atom. The van der Waals surface area contributed by atoms with Gasteiger partial charge in [0.25, 0.3) is 0 Å². The zero-order valence-corrected chi connectivity index (χ0v) is 12.5. The number of fused-ring (bicyclic) bond motifs is 1. The van der Waals surface area contributed by atoms with Crippen LogP contribution in [0.2, 0.25) is 0 Å². The van der Waals surface area contributed by atoms with Gasteiger partial charge in [-0.2, -0.15) is 0 Å². The van der Waals surface area contributed by atoms with E-state index in [-0.39, 0.29) is 0 Å². The highest BCUT2D eigenvalue weighted by Crippen LogP contribution is 2.26. The van der Waals surface area contributed by atoms with Crippen molar-refractivity contribution < 1.29 is 0 Å². The van der Waals surface area contributed by atoms with Crippen LogP contribution in [-0.2, 0) is 0 Å². The lowest BCUT2D eigenvalue weighted by atomic mass is 10.0. The maximum absolute atomic E-state index is 4.85. The van der Waals surface area contributed by atoms with Crippen molar-refractivity contribution in [3.8, 4) is 11.3 Å². The number of hydrogen-bond donors (Lipinski definition) is 0. The molecule has 0 fully saturated rings. The van der Waals surface area contributed by atoms with Crippen LogP contribution in [-0.4, -0.2) is 4.98 Å². The zero-order chi connectivity index (χ0) is 14.3. The van der Waals surface area contributed by atoms with Crippen LogP contribution in [0.25, 0.3) is 22.2 Å². The lowest BCUT2D eigenvalue weighted by Crippen LogP contribution is -1.91. The van der Waals surface area contributed by atoms with Gasteiger partial charge in [0.1, 0.15) is 0 Å². The van der Waals surface area contributed by atoms with E-state index in [0.29, 0.717) is 0 Å². The average molecular weight is 261 g/mol. The van der Waals surface area contributed by atoms with Crippen molar-refractivity contribution in [2.45, 2.75) is 27.7 Å². The first-order valence-electron chi connectivity index (χ1n) is 7.00. The number of nitrogens with zero attached hydrogens (tertiary/aromatic N) is 1. The molecular formula is C19H19N. The highest BCUT2D eigenvalue weighted by molar-refractivity contribution is 5.83. The van der Waals surface area contributed by atoms with Crippen LogP contribution in [0.15, 0.2) is 42.5 Å². The summed E-state index contributed by atoms with van der Waals surface area (Å²) >= 11 is 0. The molecule has 0 unspecified atom stereocenters. The Balaban J connectivity index is 2.22. The van der Waals surface area contributed by atoms with Crippen LogP contribution in [0.3, 0.4) is 0 Å². The standard InChI is InChI=1S/C19H19N/c1-12-5-6-13(2)17(9-12)18-8-7-16-10-14(3)15(4)11-19(16)20-18/h5-11H,1-4H3. The first kappa shape index (κ1) is 12.9. The molecule has 0 aliphatic carbocycles.